The number of aliphatic imine (C=N–C) groups is 1. The maximum Gasteiger partial charge on any atom is 0.123 e. The molecule has 0 saturated carbocycles. The molecule has 2 aromatic rings. The van der Waals surface area contributed by atoms with Crippen LogP contribution in [-0.4, -0.2) is 38.2 Å². The van der Waals surface area contributed by atoms with Crippen LogP contribution in [0.2, 0.25) is 5.02 Å². The molecule has 0 amide bonds. The van der Waals surface area contributed by atoms with E-state index in [2.05, 4.69) is 40.0 Å². The number of ether oxygens (including phenoxy) is 2. The number of allylic oxidation sites excluding steroid dienone is 1. The summed E-state index contributed by atoms with van der Waals surface area (Å²) in [5, 5.41) is 0.770. The number of anilines is 2. The van der Waals surface area contributed by atoms with Crippen LogP contribution in [0, 0.1) is 0 Å². The van der Waals surface area contributed by atoms with Gasteiger partial charge in [-0.25, -0.2) is 0 Å². The lowest BCUT2D eigenvalue weighted by atomic mass is 10.1. The maximum absolute atomic E-state index is 6.68. The molecule has 0 N–H and O–H groups in total. The lowest BCUT2D eigenvalue weighted by Crippen LogP contribution is -2.38. The van der Waals surface area contributed by atoms with E-state index in [1.165, 1.54) is 0 Å². The van der Waals surface area contributed by atoms with Crippen LogP contribution in [0.3, 0.4) is 0 Å². The van der Waals surface area contributed by atoms with E-state index < -0.39 is 0 Å². The Labute approximate surface area is 183 Å². The van der Waals surface area contributed by atoms with E-state index in [0.29, 0.717) is 0 Å². The number of hydrogen-bond donors (Lipinski definition) is 0. The summed E-state index contributed by atoms with van der Waals surface area (Å²) in [6, 6.07) is 14.1. The molecule has 2 heterocycles. The van der Waals surface area contributed by atoms with Gasteiger partial charge in [-0.3, -0.25) is 4.99 Å². The minimum atomic E-state index is 0.0708. The van der Waals surface area contributed by atoms with E-state index in [4.69, 9.17) is 21.1 Å². The molecular formula is C24H28ClN3O2. The monoisotopic (exact) mass is 425 g/mol. The zero-order valence-electron chi connectivity index (χ0n) is 17.7. The first kappa shape index (κ1) is 20.6. The van der Waals surface area contributed by atoms with Gasteiger partial charge in [-0.15, -0.1) is 0 Å². The summed E-state index contributed by atoms with van der Waals surface area (Å²) in [7, 11) is 1.67. The highest BCUT2D eigenvalue weighted by atomic mass is 35.5. The summed E-state index contributed by atoms with van der Waals surface area (Å²) < 4.78 is 11.4. The van der Waals surface area contributed by atoms with Crippen molar-refractivity contribution in [2.75, 3.05) is 30.0 Å². The number of hydrogen-bond acceptors (Lipinski definition) is 5. The summed E-state index contributed by atoms with van der Waals surface area (Å²) in [6.45, 7) is 5.93. The first-order valence-corrected chi connectivity index (χ1v) is 10.8. The summed E-state index contributed by atoms with van der Waals surface area (Å²) in [5.41, 5.74) is 3.18. The third kappa shape index (κ3) is 4.57. The fourth-order valence-electron chi connectivity index (χ4n) is 4.01. The Bertz CT molecular complexity index is 951. The molecule has 1 fully saturated rings. The van der Waals surface area contributed by atoms with Gasteiger partial charge >= 0.3 is 0 Å². The van der Waals surface area contributed by atoms with E-state index in [-0.39, 0.29) is 12.3 Å². The molecule has 4 rings (SSSR count). The van der Waals surface area contributed by atoms with Crippen LogP contribution in [0.15, 0.2) is 59.7 Å². The van der Waals surface area contributed by atoms with E-state index in [1.807, 2.05) is 43.3 Å². The Balaban J connectivity index is 1.38. The average molecular weight is 426 g/mol. The number of benzene rings is 2. The standard InChI is InChI=1S/C24H28ClN3O2/c1-17-9-14-28(18(2)26-17)19-7-8-24(23(25)15-19)27-12-10-20(11-13-27)30-22-6-4-5-21(16-22)29-3/h4-9,14-16,18,20H,10-13H2,1-3H3. The van der Waals surface area contributed by atoms with Gasteiger partial charge in [0.15, 0.2) is 0 Å². The number of methoxy groups -OCH3 is 1. The molecule has 0 spiro atoms. The zero-order valence-corrected chi connectivity index (χ0v) is 18.5. The lowest BCUT2D eigenvalue weighted by molar-refractivity contribution is 0.170. The van der Waals surface area contributed by atoms with E-state index in [0.717, 1.165) is 59.5 Å². The van der Waals surface area contributed by atoms with Gasteiger partial charge in [0.05, 0.1) is 17.8 Å². The highest BCUT2D eigenvalue weighted by Gasteiger charge is 2.23. The molecule has 30 heavy (non-hydrogen) atoms. The average Bonchev–Trinajstić information content (AvgIpc) is 2.74. The molecule has 6 heteroatoms. The summed E-state index contributed by atoms with van der Waals surface area (Å²) >= 11 is 6.68. The SMILES string of the molecule is COc1cccc(OC2CCN(c3ccc(N4C=CC(C)=NC4C)cc3Cl)CC2)c1. The zero-order chi connectivity index (χ0) is 21.1. The minimum Gasteiger partial charge on any atom is -0.497 e. The second-order valence-electron chi connectivity index (χ2n) is 7.74. The molecule has 1 unspecified atom stereocenters. The van der Waals surface area contributed by atoms with Crippen LogP contribution >= 0.6 is 11.6 Å². The largest absolute Gasteiger partial charge is 0.497 e. The number of halogens is 1. The number of piperidine rings is 1. The van der Waals surface area contributed by atoms with Gasteiger partial charge in [0.2, 0.25) is 0 Å². The van der Waals surface area contributed by atoms with Gasteiger partial charge in [-0.1, -0.05) is 17.7 Å². The van der Waals surface area contributed by atoms with E-state index >= 15 is 0 Å². The fraction of sp³-hybridized carbons (Fsp3) is 0.375. The fourth-order valence-corrected chi connectivity index (χ4v) is 4.30. The van der Waals surface area contributed by atoms with Crippen molar-refractivity contribution in [3.8, 4) is 11.5 Å². The Morgan fingerprint density at radius 3 is 2.53 bits per heavy atom. The number of nitrogens with zero attached hydrogens (tertiary/aromatic N) is 3. The van der Waals surface area contributed by atoms with Gasteiger partial charge in [-0.2, -0.15) is 0 Å². The normalized spacial score (nSPS) is 19.6. The van der Waals surface area contributed by atoms with Crippen molar-refractivity contribution < 1.29 is 9.47 Å². The Kier molecular flexibility index (Phi) is 6.18. The molecule has 2 aliphatic heterocycles. The Morgan fingerprint density at radius 2 is 1.83 bits per heavy atom. The topological polar surface area (TPSA) is 37.3 Å². The molecule has 0 bridgehead atoms. The third-order valence-electron chi connectivity index (χ3n) is 5.63. The molecule has 1 saturated heterocycles. The molecule has 158 valence electrons. The van der Waals surface area contributed by atoms with Crippen LogP contribution in [0.4, 0.5) is 11.4 Å². The molecular weight excluding hydrogens is 398 g/mol. The van der Waals surface area contributed by atoms with Crippen LogP contribution in [-0.2, 0) is 0 Å². The van der Waals surface area contributed by atoms with Crippen molar-refractivity contribution >= 4 is 28.7 Å². The van der Waals surface area contributed by atoms with Crippen molar-refractivity contribution in [3.63, 3.8) is 0 Å². The molecule has 1 atom stereocenters. The predicted octanol–water partition coefficient (Wildman–Crippen LogP) is 5.54. The summed E-state index contributed by atoms with van der Waals surface area (Å²) in [4.78, 5) is 9.09. The first-order valence-electron chi connectivity index (χ1n) is 10.4. The van der Waals surface area contributed by atoms with Crippen LogP contribution in [0.5, 0.6) is 11.5 Å². The second-order valence-corrected chi connectivity index (χ2v) is 8.15. The lowest BCUT2D eigenvalue weighted by Gasteiger charge is -2.35. The van der Waals surface area contributed by atoms with Crippen molar-refractivity contribution in [2.24, 2.45) is 4.99 Å². The summed E-state index contributed by atoms with van der Waals surface area (Å²) in [6.07, 6.45) is 6.27. The first-order chi connectivity index (χ1) is 14.5. The molecule has 0 aliphatic carbocycles. The van der Waals surface area contributed by atoms with Crippen molar-refractivity contribution in [3.05, 3.63) is 59.8 Å². The van der Waals surface area contributed by atoms with Crippen LogP contribution < -0.4 is 19.3 Å². The quantitative estimate of drug-likeness (QED) is 0.630. The highest BCUT2D eigenvalue weighted by Crippen LogP contribution is 2.34. The van der Waals surface area contributed by atoms with Gasteiger partial charge < -0.3 is 19.3 Å². The van der Waals surface area contributed by atoms with E-state index in [1.54, 1.807) is 7.11 Å². The molecule has 2 aliphatic rings. The van der Waals surface area contributed by atoms with Crippen LogP contribution in [0.25, 0.3) is 0 Å². The Morgan fingerprint density at radius 1 is 1.07 bits per heavy atom. The van der Waals surface area contributed by atoms with Gasteiger partial charge in [0.25, 0.3) is 0 Å². The van der Waals surface area contributed by atoms with Crippen molar-refractivity contribution in [2.45, 2.75) is 39.0 Å². The molecule has 5 nitrogen and oxygen atoms in total. The van der Waals surface area contributed by atoms with Gasteiger partial charge in [0, 0.05) is 49.6 Å². The van der Waals surface area contributed by atoms with Crippen molar-refractivity contribution in [1.29, 1.82) is 0 Å². The second kappa shape index (κ2) is 9.00. The third-order valence-corrected chi connectivity index (χ3v) is 5.93. The van der Waals surface area contributed by atoms with Gasteiger partial charge in [-0.05, 0) is 50.3 Å². The maximum atomic E-state index is 6.68. The predicted molar refractivity (Wildman–Crippen MR) is 124 cm³/mol. The highest BCUT2D eigenvalue weighted by molar-refractivity contribution is 6.33. The van der Waals surface area contributed by atoms with E-state index in [9.17, 15) is 0 Å². The smallest absolute Gasteiger partial charge is 0.123 e. The number of rotatable bonds is 5. The summed E-state index contributed by atoms with van der Waals surface area (Å²) in [5.74, 6) is 1.67. The van der Waals surface area contributed by atoms with Gasteiger partial charge in [0.1, 0.15) is 23.8 Å². The molecule has 2 aromatic carbocycles. The van der Waals surface area contributed by atoms with Crippen LogP contribution in [0.1, 0.15) is 26.7 Å². The minimum absolute atomic E-state index is 0.0708. The van der Waals surface area contributed by atoms with Crippen molar-refractivity contribution in [1.82, 2.24) is 0 Å². The molecule has 0 aromatic heterocycles. The molecule has 0 radical (unpaired) electrons. The Hall–Kier alpha value is -2.66.